The molecule has 2 aliphatic rings. The van der Waals surface area contributed by atoms with Crippen molar-refractivity contribution in [1.29, 1.82) is 0 Å². The number of ether oxygens (including phenoxy) is 1. The molecule has 1 saturated heterocycles. The normalized spacial score (nSPS) is 30.0. The van der Waals surface area contributed by atoms with Crippen molar-refractivity contribution in [2.45, 2.75) is 86.4 Å². The van der Waals surface area contributed by atoms with Crippen LogP contribution < -0.4 is 0 Å². The van der Waals surface area contributed by atoms with E-state index < -0.39 is 13.9 Å². The largest absolute Gasteiger partial charge is 0.455 e. The molecule has 0 aromatic heterocycles. The minimum absolute atomic E-state index is 0.0544. The number of thioether (sulfide) groups is 1. The zero-order valence-electron chi connectivity index (χ0n) is 16.0. The quantitative estimate of drug-likeness (QED) is 0.518. The molecule has 25 heavy (non-hydrogen) atoms. The van der Waals surface area contributed by atoms with E-state index in [0.717, 1.165) is 30.6 Å². The van der Waals surface area contributed by atoms with Gasteiger partial charge in [0.2, 0.25) is 0 Å². The third-order valence-electron chi connectivity index (χ3n) is 6.02. The Morgan fingerprint density at radius 3 is 2.56 bits per heavy atom. The summed E-state index contributed by atoms with van der Waals surface area (Å²) in [7, 11) is -1.88. The van der Waals surface area contributed by atoms with Gasteiger partial charge in [-0.1, -0.05) is 39.0 Å². The molecule has 1 aliphatic carbocycles. The zero-order valence-corrected chi connectivity index (χ0v) is 17.8. The molecule has 1 aromatic rings. The first-order valence-corrected chi connectivity index (χ1v) is 13.0. The Kier molecular flexibility index (Phi) is 5.12. The smallest absolute Gasteiger partial charge is 0.320 e. The first-order chi connectivity index (χ1) is 11.6. The van der Waals surface area contributed by atoms with Crippen LogP contribution in [0.1, 0.15) is 46.5 Å². The topological polar surface area (TPSA) is 35.5 Å². The molecule has 5 heteroatoms. The SMILES string of the molecule is CC(C)(C)[Si](C)(C)O[C@@H]1CCC[C@]12C[C@H](Sc1ccccc1)C(=O)O2. The molecular formula is C20H30O3SSi. The van der Waals surface area contributed by atoms with Crippen molar-refractivity contribution in [3.05, 3.63) is 30.3 Å². The summed E-state index contributed by atoms with van der Waals surface area (Å²) in [5, 5.41) is 0.0448. The molecular weight excluding hydrogens is 348 g/mol. The summed E-state index contributed by atoms with van der Waals surface area (Å²) in [5.74, 6) is -0.0698. The van der Waals surface area contributed by atoms with Gasteiger partial charge in [-0.15, -0.1) is 11.8 Å². The predicted octanol–water partition coefficient (Wildman–Crippen LogP) is 5.41. The second kappa shape index (κ2) is 6.75. The molecule has 3 nitrogen and oxygen atoms in total. The predicted molar refractivity (Wildman–Crippen MR) is 105 cm³/mol. The highest BCUT2D eigenvalue weighted by atomic mass is 32.2. The summed E-state index contributed by atoms with van der Waals surface area (Å²) in [5.41, 5.74) is -0.404. The number of hydrogen-bond acceptors (Lipinski definition) is 4. The summed E-state index contributed by atoms with van der Waals surface area (Å²) in [6.07, 6.45) is 3.84. The van der Waals surface area contributed by atoms with Gasteiger partial charge >= 0.3 is 5.97 Å². The van der Waals surface area contributed by atoms with E-state index in [1.54, 1.807) is 11.8 Å². The lowest BCUT2D eigenvalue weighted by molar-refractivity contribution is -0.154. The fourth-order valence-corrected chi connectivity index (χ4v) is 6.07. The lowest BCUT2D eigenvalue weighted by Gasteiger charge is -2.42. The Morgan fingerprint density at radius 1 is 1.24 bits per heavy atom. The standard InChI is InChI=1S/C20H30O3SSi/c1-19(2,3)25(4,5)23-17-12-9-13-20(17)14-16(18(21)22-20)24-15-10-7-6-8-11-15/h6-8,10-11,16-17H,9,12-14H2,1-5H3/t16-,17+,20-/m0/s1. The van der Waals surface area contributed by atoms with Crippen molar-refractivity contribution in [1.82, 2.24) is 0 Å². The monoisotopic (exact) mass is 378 g/mol. The van der Waals surface area contributed by atoms with Gasteiger partial charge in [0, 0.05) is 11.3 Å². The van der Waals surface area contributed by atoms with Gasteiger partial charge in [0.1, 0.15) is 10.9 Å². The molecule has 0 N–H and O–H groups in total. The molecule has 0 bridgehead atoms. The van der Waals surface area contributed by atoms with Crippen LogP contribution in [0.15, 0.2) is 35.2 Å². The molecule has 0 amide bonds. The van der Waals surface area contributed by atoms with E-state index in [9.17, 15) is 4.79 Å². The van der Waals surface area contributed by atoms with Gasteiger partial charge in [0.05, 0.1) is 6.10 Å². The van der Waals surface area contributed by atoms with Gasteiger partial charge < -0.3 is 9.16 Å². The van der Waals surface area contributed by atoms with E-state index in [4.69, 9.17) is 9.16 Å². The van der Waals surface area contributed by atoms with Crippen molar-refractivity contribution in [3.63, 3.8) is 0 Å². The first kappa shape index (κ1) is 19.0. The van der Waals surface area contributed by atoms with Crippen LogP contribution in [0, 0.1) is 0 Å². The summed E-state index contributed by atoms with van der Waals surface area (Å²) in [6.45, 7) is 11.3. The van der Waals surface area contributed by atoms with Crippen molar-refractivity contribution in [3.8, 4) is 0 Å². The van der Waals surface area contributed by atoms with Crippen LogP contribution in [-0.2, 0) is 14.0 Å². The van der Waals surface area contributed by atoms with Crippen LogP contribution in [0.5, 0.6) is 0 Å². The maximum absolute atomic E-state index is 12.6. The molecule has 1 aromatic carbocycles. The van der Waals surface area contributed by atoms with Gasteiger partial charge in [-0.2, -0.15) is 0 Å². The average molecular weight is 379 g/mol. The molecule has 1 saturated carbocycles. The maximum Gasteiger partial charge on any atom is 0.320 e. The summed E-state index contributed by atoms with van der Waals surface area (Å²) in [4.78, 5) is 13.7. The van der Waals surface area contributed by atoms with E-state index in [2.05, 4.69) is 46.0 Å². The second-order valence-corrected chi connectivity index (χ2v) is 14.9. The van der Waals surface area contributed by atoms with Crippen LogP contribution in [-0.4, -0.2) is 31.2 Å². The molecule has 1 spiro atoms. The molecule has 138 valence electrons. The van der Waals surface area contributed by atoms with Crippen LogP contribution in [0.25, 0.3) is 0 Å². The van der Waals surface area contributed by atoms with E-state index >= 15 is 0 Å². The Morgan fingerprint density at radius 2 is 1.92 bits per heavy atom. The molecule has 2 fully saturated rings. The number of rotatable bonds is 4. The van der Waals surface area contributed by atoms with Gasteiger partial charge in [-0.25, -0.2) is 0 Å². The fourth-order valence-electron chi connectivity index (χ4n) is 3.52. The average Bonchev–Trinajstić information content (AvgIpc) is 3.03. The molecule has 1 heterocycles. The number of carbonyl (C=O) groups is 1. The highest BCUT2D eigenvalue weighted by Crippen LogP contribution is 2.49. The Bertz CT molecular complexity index is 626. The van der Waals surface area contributed by atoms with Crippen LogP contribution in [0.2, 0.25) is 18.1 Å². The Hall–Kier alpha value is -0.783. The van der Waals surface area contributed by atoms with Crippen molar-refractivity contribution in [2.24, 2.45) is 0 Å². The third kappa shape index (κ3) is 3.83. The summed E-state index contributed by atoms with van der Waals surface area (Å²) >= 11 is 1.63. The van der Waals surface area contributed by atoms with Gasteiger partial charge in [-0.05, 0) is 49.5 Å². The number of carbonyl (C=O) groups excluding carboxylic acids is 1. The van der Waals surface area contributed by atoms with Crippen LogP contribution >= 0.6 is 11.8 Å². The van der Waals surface area contributed by atoms with Crippen LogP contribution in [0.4, 0.5) is 0 Å². The molecule has 3 atom stereocenters. The summed E-state index contributed by atoms with van der Waals surface area (Å²) < 4.78 is 12.7. The van der Waals surface area contributed by atoms with E-state index in [-0.39, 0.29) is 22.4 Å². The van der Waals surface area contributed by atoms with Crippen molar-refractivity contribution >= 4 is 26.0 Å². The maximum atomic E-state index is 12.6. The third-order valence-corrected chi connectivity index (χ3v) is 11.7. The van der Waals surface area contributed by atoms with E-state index in [1.165, 1.54) is 0 Å². The Labute approximate surface area is 157 Å². The molecule has 0 unspecified atom stereocenters. The van der Waals surface area contributed by atoms with E-state index in [0.29, 0.717) is 0 Å². The second-order valence-electron chi connectivity index (χ2n) is 8.87. The molecule has 3 rings (SSSR count). The number of hydrogen-bond donors (Lipinski definition) is 0. The molecule has 0 radical (unpaired) electrons. The van der Waals surface area contributed by atoms with Gasteiger partial charge in [0.25, 0.3) is 0 Å². The lowest BCUT2D eigenvalue weighted by atomic mass is 9.96. The van der Waals surface area contributed by atoms with E-state index in [1.807, 2.05) is 18.2 Å². The van der Waals surface area contributed by atoms with Gasteiger partial charge in [0.15, 0.2) is 8.32 Å². The lowest BCUT2D eigenvalue weighted by Crippen LogP contribution is -2.50. The number of benzene rings is 1. The van der Waals surface area contributed by atoms with Crippen molar-refractivity contribution in [2.75, 3.05) is 0 Å². The highest BCUT2D eigenvalue weighted by Gasteiger charge is 2.56. The van der Waals surface area contributed by atoms with Crippen molar-refractivity contribution < 1.29 is 14.0 Å². The first-order valence-electron chi connectivity index (χ1n) is 9.25. The minimum atomic E-state index is -1.88. The van der Waals surface area contributed by atoms with Gasteiger partial charge in [-0.3, -0.25) is 4.79 Å². The molecule has 1 aliphatic heterocycles. The number of esters is 1. The van der Waals surface area contributed by atoms with Crippen LogP contribution in [0.3, 0.4) is 0 Å². The zero-order chi connectivity index (χ0) is 18.3. The minimum Gasteiger partial charge on any atom is -0.455 e. The fraction of sp³-hybridized carbons (Fsp3) is 0.650. The highest BCUT2D eigenvalue weighted by molar-refractivity contribution is 8.00. The summed E-state index contributed by atoms with van der Waals surface area (Å²) in [6, 6.07) is 10.1. The Balaban J connectivity index is 1.74.